The van der Waals surface area contributed by atoms with Gasteiger partial charge in [0, 0.05) is 18.9 Å². The number of aliphatic hydroxyl groups is 6. The predicted molar refractivity (Wildman–Crippen MR) is 217 cm³/mol. The number of aromatic nitrogens is 4. The van der Waals surface area contributed by atoms with Crippen molar-refractivity contribution in [3.63, 3.8) is 0 Å². The van der Waals surface area contributed by atoms with E-state index in [1.807, 2.05) is 19.1 Å². The van der Waals surface area contributed by atoms with E-state index in [1.165, 1.54) is 20.7 Å². The summed E-state index contributed by atoms with van der Waals surface area (Å²) >= 11 is 0. The van der Waals surface area contributed by atoms with Crippen LogP contribution in [0.2, 0.25) is 0 Å². The Morgan fingerprint density at radius 2 is 1.62 bits per heavy atom. The molecule has 5 heterocycles. The van der Waals surface area contributed by atoms with Crippen molar-refractivity contribution in [3.05, 3.63) is 71.8 Å². The molecule has 0 bridgehead atoms. The van der Waals surface area contributed by atoms with Crippen molar-refractivity contribution in [2.24, 2.45) is 0 Å². The van der Waals surface area contributed by atoms with Gasteiger partial charge in [-0.3, -0.25) is 23.7 Å². The summed E-state index contributed by atoms with van der Waals surface area (Å²) in [5.74, 6) is -1.18. The standard InChI is InChI=1S/C36H47N9O16P2/c1-17-8-21-22(9-18(17)2)45-26(48)10-20(19-6-4-3-5-7-19)28(45)34(52)42-36(53)41-15-43(21)11-23(46)29(49)24(47)12-58-62(54,55)61-63(56,57)59-13-25-30(50)31(51)35(60-25)44-16-40-27-32(37)38-14-39-33(27)44/h3-9,14,16,20,23-26,28-31,35,46-51H,10-13,15H2,1-2H3,(H,54,55)(H,56,57)(H2,37,38,39)(H2,41,42,52,53)/t20-,23+,24-,25-,26-,28-,29+,30-,31-,35-/m1/s1. The topological polar surface area (TPSA) is 367 Å². The van der Waals surface area contributed by atoms with Gasteiger partial charge in [0.25, 0.3) is 5.91 Å². The van der Waals surface area contributed by atoms with E-state index in [0.717, 1.165) is 23.0 Å². The van der Waals surface area contributed by atoms with E-state index in [4.69, 9.17) is 15.0 Å². The summed E-state index contributed by atoms with van der Waals surface area (Å²) in [6.45, 7) is 0.535. The van der Waals surface area contributed by atoms with Gasteiger partial charge in [-0.2, -0.15) is 4.31 Å². The molecule has 27 heteroatoms. The monoisotopic (exact) mass is 923 g/mol. The number of phosphoric acid groups is 2. The zero-order valence-corrected chi connectivity index (χ0v) is 35.3. The number of nitrogens with zero attached hydrogens (tertiary/aromatic N) is 6. The summed E-state index contributed by atoms with van der Waals surface area (Å²) in [4.78, 5) is 61.9. The van der Waals surface area contributed by atoms with Crippen LogP contribution in [0.4, 0.5) is 22.0 Å². The molecule has 2 aromatic heterocycles. The number of ether oxygens (including phenoxy) is 1. The largest absolute Gasteiger partial charge is 0.481 e. The minimum atomic E-state index is -5.58. The molecular formula is C36H47N9O16P2. The molecule has 63 heavy (non-hydrogen) atoms. The number of hydrogen-bond donors (Lipinski definition) is 11. The van der Waals surface area contributed by atoms with Gasteiger partial charge in [0.15, 0.2) is 17.7 Å². The van der Waals surface area contributed by atoms with Crippen LogP contribution in [0, 0.1) is 13.8 Å². The van der Waals surface area contributed by atoms with Crippen molar-refractivity contribution in [1.29, 1.82) is 0 Å². The Morgan fingerprint density at radius 3 is 2.33 bits per heavy atom. The van der Waals surface area contributed by atoms with Crippen LogP contribution in [0.1, 0.15) is 35.3 Å². The number of anilines is 3. The molecule has 342 valence electrons. The predicted octanol–water partition coefficient (Wildman–Crippen LogP) is -1.04. The Hall–Kier alpha value is -4.69. The van der Waals surface area contributed by atoms with Crippen molar-refractivity contribution >= 4 is 55.9 Å². The van der Waals surface area contributed by atoms with E-state index in [2.05, 4.69) is 34.4 Å². The Balaban J connectivity index is 0.989. The number of carbonyl (C=O) groups excluding carboxylic acids is 2. The summed E-state index contributed by atoms with van der Waals surface area (Å²) in [5, 5.41) is 70.4. The van der Waals surface area contributed by atoms with E-state index in [-0.39, 0.29) is 30.1 Å². The number of amides is 3. The van der Waals surface area contributed by atoms with Crippen LogP contribution in [0.5, 0.6) is 0 Å². The maximum Gasteiger partial charge on any atom is 0.481 e. The molecule has 25 nitrogen and oxygen atoms in total. The van der Waals surface area contributed by atoms with Gasteiger partial charge in [0.05, 0.1) is 37.6 Å². The molecule has 2 unspecified atom stereocenters. The van der Waals surface area contributed by atoms with Crippen molar-refractivity contribution in [2.75, 3.05) is 42.0 Å². The Labute approximate surface area is 357 Å². The Morgan fingerprint density at radius 1 is 0.937 bits per heavy atom. The Kier molecular flexibility index (Phi) is 13.5. The Bertz CT molecular complexity index is 2420. The summed E-state index contributed by atoms with van der Waals surface area (Å²) in [6, 6.07) is 10.5. The number of aryl methyl sites for hydroxylation is 2. The number of aliphatic hydroxyl groups excluding tert-OH is 6. The van der Waals surface area contributed by atoms with E-state index in [1.54, 1.807) is 37.3 Å². The number of nitrogen functional groups attached to an aromatic ring is 1. The molecule has 4 aromatic rings. The van der Waals surface area contributed by atoms with Gasteiger partial charge in [-0.05, 0) is 42.7 Å². The number of fused-ring (bicyclic) bond motifs is 4. The zero-order valence-electron chi connectivity index (χ0n) is 33.5. The molecule has 2 fully saturated rings. The SMILES string of the molecule is Cc1cc2c(cc1C)N1[C@H](O)C[C@H](c3ccccc3)[C@@H]1C(=O)NC(=O)NCN2C[C@H](O)[C@H](O)[C@H](O)COP(=O)(O)OP(=O)(O)OC[C@H]1O[C@@H](n2cnc3c(N)ncnc32)[C@H](O)[C@@H]1O. The van der Waals surface area contributed by atoms with Crippen LogP contribution in [-0.4, -0.2) is 147 Å². The van der Waals surface area contributed by atoms with E-state index >= 15 is 0 Å². The molecule has 2 aromatic carbocycles. The minimum absolute atomic E-state index is 0.0268. The molecule has 7 rings (SSSR count). The van der Waals surface area contributed by atoms with Crippen molar-refractivity contribution in [3.8, 4) is 0 Å². The van der Waals surface area contributed by atoms with Gasteiger partial charge < -0.3 is 66.0 Å². The fraction of sp³-hybridized carbons (Fsp3) is 0.472. The highest BCUT2D eigenvalue weighted by Gasteiger charge is 2.49. The second kappa shape index (κ2) is 18.4. The summed E-state index contributed by atoms with van der Waals surface area (Å²) < 4.78 is 46.0. The van der Waals surface area contributed by atoms with Gasteiger partial charge in [0.2, 0.25) is 0 Å². The van der Waals surface area contributed by atoms with Crippen LogP contribution in [0.25, 0.3) is 11.2 Å². The average Bonchev–Trinajstić information content (AvgIpc) is 3.91. The third kappa shape index (κ3) is 9.87. The number of β-amino-alcohol motifs (C(OH)–C–C–N with tert-alkyl or cyclic N) is 1. The van der Waals surface area contributed by atoms with E-state index < -0.39 is 108 Å². The highest BCUT2D eigenvalue weighted by molar-refractivity contribution is 7.61. The summed E-state index contributed by atoms with van der Waals surface area (Å²) in [5.41, 5.74) is 9.06. The molecule has 3 aliphatic heterocycles. The summed E-state index contributed by atoms with van der Waals surface area (Å²) in [6.07, 6.45) is -11.0. The average molecular weight is 924 g/mol. The van der Waals surface area contributed by atoms with E-state index in [0.29, 0.717) is 11.4 Å². The first-order chi connectivity index (χ1) is 29.7. The number of imidazole rings is 1. The zero-order chi connectivity index (χ0) is 45.5. The van der Waals surface area contributed by atoms with Crippen LogP contribution >= 0.6 is 15.6 Å². The lowest BCUT2D eigenvalue weighted by molar-refractivity contribution is -0.121. The number of benzene rings is 2. The molecule has 3 aliphatic rings. The molecule has 12 N–H and O–H groups in total. The van der Waals surface area contributed by atoms with Crippen LogP contribution in [0.15, 0.2) is 55.1 Å². The number of rotatable bonds is 14. The number of urea groups is 1. The van der Waals surface area contributed by atoms with Gasteiger partial charge in [-0.25, -0.2) is 28.9 Å². The lowest BCUT2D eigenvalue weighted by Gasteiger charge is -2.38. The van der Waals surface area contributed by atoms with Crippen molar-refractivity contribution < 1.29 is 77.2 Å². The quantitative estimate of drug-likeness (QED) is 0.0673. The second-order valence-corrected chi connectivity index (χ2v) is 18.3. The normalized spacial score (nSPS) is 27.4. The molecule has 3 amide bonds. The molecule has 2 saturated heterocycles. The minimum Gasteiger partial charge on any atom is -0.388 e. The molecule has 0 spiro atoms. The van der Waals surface area contributed by atoms with Crippen molar-refractivity contribution in [2.45, 2.75) is 81.3 Å². The van der Waals surface area contributed by atoms with E-state index in [9.17, 15) is 59.1 Å². The maximum absolute atomic E-state index is 13.7. The summed E-state index contributed by atoms with van der Waals surface area (Å²) in [7, 11) is -11.1. The second-order valence-electron chi connectivity index (χ2n) is 15.3. The first kappa shape index (κ1) is 46.3. The van der Waals surface area contributed by atoms with Crippen LogP contribution < -0.4 is 26.2 Å². The van der Waals surface area contributed by atoms with Gasteiger partial charge >= 0.3 is 21.7 Å². The van der Waals surface area contributed by atoms with Gasteiger partial charge in [-0.1, -0.05) is 30.3 Å². The maximum atomic E-state index is 13.7. The van der Waals surface area contributed by atoms with Crippen molar-refractivity contribution in [1.82, 2.24) is 30.2 Å². The fourth-order valence-corrected chi connectivity index (χ4v) is 9.83. The highest BCUT2D eigenvalue weighted by atomic mass is 31.3. The van der Waals surface area contributed by atoms with Gasteiger partial charge in [-0.15, -0.1) is 0 Å². The number of carbonyl (C=O) groups is 2. The highest BCUT2D eigenvalue weighted by Crippen LogP contribution is 2.60. The molecule has 0 aliphatic carbocycles. The number of nitrogens with two attached hydrogens (primary N) is 1. The first-order valence-electron chi connectivity index (χ1n) is 19.4. The van der Waals surface area contributed by atoms with Crippen LogP contribution in [-0.2, 0) is 32.0 Å². The molecule has 0 radical (unpaired) electrons. The molecular weight excluding hydrogens is 876 g/mol. The fourth-order valence-electron chi connectivity index (χ4n) is 7.74. The third-order valence-corrected chi connectivity index (χ3v) is 13.7. The lowest BCUT2D eigenvalue weighted by atomic mass is 9.90. The lowest BCUT2D eigenvalue weighted by Crippen LogP contribution is -2.56. The molecule has 0 saturated carbocycles. The van der Waals surface area contributed by atoms with Gasteiger partial charge in [0.1, 0.15) is 60.7 Å². The van der Waals surface area contributed by atoms with Crippen LogP contribution in [0.3, 0.4) is 0 Å². The number of nitrogens with one attached hydrogen (secondary N) is 2. The smallest absolute Gasteiger partial charge is 0.388 e. The third-order valence-electron chi connectivity index (χ3n) is 11.1. The number of imide groups is 1. The number of hydrogen-bond acceptors (Lipinski definition) is 20. The number of phosphoric ester groups is 2. The first-order valence-corrected chi connectivity index (χ1v) is 22.4. The molecule has 12 atom stereocenters.